The van der Waals surface area contributed by atoms with Gasteiger partial charge in [0.1, 0.15) is 11.9 Å². The van der Waals surface area contributed by atoms with E-state index in [1.54, 1.807) is 7.11 Å². The van der Waals surface area contributed by atoms with Crippen LogP contribution in [0.3, 0.4) is 0 Å². The number of hydrogen-bond acceptors (Lipinski definition) is 4. The molecule has 1 atom stereocenters. The van der Waals surface area contributed by atoms with Crippen molar-refractivity contribution in [2.45, 2.75) is 25.9 Å². The van der Waals surface area contributed by atoms with Gasteiger partial charge in [-0.25, -0.2) is 4.99 Å². The monoisotopic (exact) mass is 463 g/mol. The van der Waals surface area contributed by atoms with Crippen LogP contribution in [0.25, 0.3) is 0 Å². The predicted molar refractivity (Wildman–Crippen MR) is 111 cm³/mol. The summed E-state index contributed by atoms with van der Waals surface area (Å²) in [5.41, 5.74) is 1.27. The van der Waals surface area contributed by atoms with Gasteiger partial charge in [-0.3, -0.25) is 0 Å². The number of fused-ring (bicyclic) bond motifs is 1. The molecular formula is C18H30IN3O3. The lowest BCUT2D eigenvalue weighted by Gasteiger charge is -2.13. The van der Waals surface area contributed by atoms with Crippen LogP contribution in [-0.2, 0) is 15.9 Å². The van der Waals surface area contributed by atoms with Crippen molar-refractivity contribution in [1.82, 2.24) is 10.6 Å². The lowest BCUT2D eigenvalue weighted by molar-refractivity contribution is 0.0698. The Morgan fingerprint density at radius 2 is 2.08 bits per heavy atom. The Bertz CT molecular complexity index is 489. The van der Waals surface area contributed by atoms with Crippen LogP contribution in [-0.4, -0.2) is 58.6 Å². The van der Waals surface area contributed by atoms with Crippen molar-refractivity contribution in [3.63, 3.8) is 0 Å². The van der Waals surface area contributed by atoms with Gasteiger partial charge in [-0.2, -0.15) is 0 Å². The minimum Gasteiger partial charge on any atom is -0.488 e. The van der Waals surface area contributed by atoms with Gasteiger partial charge in [0.25, 0.3) is 0 Å². The summed E-state index contributed by atoms with van der Waals surface area (Å²) in [6.07, 6.45) is 1.97. The van der Waals surface area contributed by atoms with Crippen molar-refractivity contribution in [2.75, 3.05) is 46.6 Å². The van der Waals surface area contributed by atoms with Crippen LogP contribution in [0.2, 0.25) is 0 Å². The van der Waals surface area contributed by atoms with Gasteiger partial charge >= 0.3 is 0 Å². The molecule has 25 heavy (non-hydrogen) atoms. The molecule has 0 saturated carbocycles. The summed E-state index contributed by atoms with van der Waals surface area (Å²) in [5, 5.41) is 6.59. The van der Waals surface area contributed by atoms with Gasteiger partial charge in [0, 0.05) is 33.2 Å². The molecule has 0 fully saturated rings. The maximum absolute atomic E-state index is 5.92. The average Bonchev–Trinajstić information content (AvgIpc) is 3.01. The largest absolute Gasteiger partial charge is 0.488 e. The fourth-order valence-corrected chi connectivity index (χ4v) is 2.52. The van der Waals surface area contributed by atoms with Crippen LogP contribution < -0.4 is 15.4 Å². The molecule has 0 saturated heterocycles. The molecular weight excluding hydrogens is 433 g/mol. The minimum atomic E-state index is 0. The number of nitrogens with zero attached hydrogens (tertiary/aromatic N) is 1. The zero-order valence-electron chi connectivity index (χ0n) is 15.1. The van der Waals surface area contributed by atoms with Crippen molar-refractivity contribution >= 4 is 29.9 Å². The maximum atomic E-state index is 5.92. The third-order valence-corrected chi connectivity index (χ3v) is 3.70. The second kappa shape index (κ2) is 13.2. The fourth-order valence-electron chi connectivity index (χ4n) is 2.52. The predicted octanol–water partition coefficient (Wildman–Crippen LogP) is 2.22. The van der Waals surface area contributed by atoms with E-state index in [-0.39, 0.29) is 30.1 Å². The summed E-state index contributed by atoms with van der Waals surface area (Å²) in [4.78, 5) is 4.63. The van der Waals surface area contributed by atoms with Gasteiger partial charge in [-0.15, -0.1) is 24.0 Å². The van der Waals surface area contributed by atoms with Crippen molar-refractivity contribution < 1.29 is 14.2 Å². The highest BCUT2D eigenvalue weighted by molar-refractivity contribution is 14.0. The quantitative estimate of drug-likeness (QED) is 0.241. The summed E-state index contributed by atoms with van der Waals surface area (Å²) in [6.45, 7) is 6.37. The van der Waals surface area contributed by atoms with Crippen molar-refractivity contribution in [3.05, 3.63) is 29.8 Å². The number of para-hydroxylation sites is 1. The molecule has 0 aliphatic carbocycles. The van der Waals surface area contributed by atoms with Gasteiger partial charge in [-0.1, -0.05) is 18.2 Å². The van der Waals surface area contributed by atoms with Crippen molar-refractivity contribution in [2.24, 2.45) is 4.99 Å². The van der Waals surface area contributed by atoms with Gasteiger partial charge in [-0.05, 0) is 25.0 Å². The number of aliphatic imine (C=N–C) groups is 1. The molecule has 1 aromatic carbocycles. The van der Waals surface area contributed by atoms with E-state index in [9.17, 15) is 0 Å². The third kappa shape index (κ3) is 8.24. The average molecular weight is 463 g/mol. The Labute approximate surface area is 167 Å². The van der Waals surface area contributed by atoms with E-state index in [2.05, 4.69) is 28.6 Å². The van der Waals surface area contributed by atoms with Crippen LogP contribution in [0.15, 0.2) is 29.3 Å². The Kier molecular flexibility index (Phi) is 11.6. The molecule has 0 amide bonds. The van der Waals surface area contributed by atoms with Gasteiger partial charge < -0.3 is 24.8 Å². The number of benzene rings is 1. The fraction of sp³-hybridized carbons (Fsp3) is 0.611. The summed E-state index contributed by atoms with van der Waals surface area (Å²) in [6, 6.07) is 8.19. The SMILES string of the molecule is CCNC(=NCC1Cc2ccccc2O1)NCCCOCCOC.I. The first kappa shape index (κ1) is 22.0. The molecule has 2 N–H and O–H groups in total. The van der Waals surface area contributed by atoms with Gasteiger partial charge in [0.2, 0.25) is 0 Å². The lowest BCUT2D eigenvalue weighted by atomic mass is 10.1. The Morgan fingerprint density at radius 1 is 1.24 bits per heavy atom. The molecule has 0 spiro atoms. The van der Waals surface area contributed by atoms with E-state index < -0.39 is 0 Å². The zero-order valence-corrected chi connectivity index (χ0v) is 17.5. The first-order valence-electron chi connectivity index (χ1n) is 8.67. The number of methoxy groups -OCH3 is 1. The van der Waals surface area contributed by atoms with E-state index in [0.29, 0.717) is 19.8 Å². The molecule has 1 aromatic rings. The second-order valence-corrected chi connectivity index (χ2v) is 5.66. The molecule has 1 unspecified atom stereocenters. The van der Waals surface area contributed by atoms with E-state index in [4.69, 9.17) is 14.2 Å². The molecule has 6 nitrogen and oxygen atoms in total. The smallest absolute Gasteiger partial charge is 0.191 e. The molecule has 0 aromatic heterocycles. The highest BCUT2D eigenvalue weighted by Gasteiger charge is 2.21. The molecule has 1 aliphatic rings. The van der Waals surface area contributed by atoms with Crippen LogP contribution in [0, 0.1) is 0 Å². The van der Waals surface area contributed by atoms with Crippen molar-refractivity contribution in [3.8, 4) is 5.75 Å². The molecule has 142 valence electrons. The van der Waals surface area contributed by atoms with Gasteiger partial charge in [0.05, 0.1) is 19.8 Å². The topological polar surface area (TPSA) is 64.1 Å². The first-order chi connectivity index (χ1) is 11.8. The number of nitrogens with one attached hydrogen (secondary N) is 2. The first-order valence-corrected chi connectivity index (χ1v) is 8.67. The molecule has 2 rings (SSSR count). The highest BCUT2D eigenvalue weighted by atomic mass is 127. The minimum absolute atomic E-state index is 0. The number of guanidine groups is 1. The molecule has 0 bridgehead atoms. The summed E-state index contributed by atoms with van der Waals surface area (Å²) >= 11 is 0. The van der Waals surface area contributed by atoms with E-state index >= 15 is 0 Å². The van der Waals surface area contributed by atoms with Crippen molar-refractivity contribution in [1.29, 1.82) is 0 Å². The lowest BCUT2D eigenvalue weighted by Crippen LogP contribution is -2.39. The Balaban J connectivity index is 0.00000312. The maximum Gasteiger partial charge on any atom is 0.191 e. The number of hydrogen-bond donors (Lipinski definition) is 2. The Morgan fingerprint density at radius 3 is 2.84 bits per heavy atom. The second-order valence-electron chi connectivity index (χ2n) is 5.66. The normalized spacial score (nSPS) is 15.9. The number of rotatable bonds is 10. The van der Waals surface area contributed by atoms with Gasteiger partial charge in [0.15, 0.2) is 5.96 Å². The molecule has 0 radical (unpaired) electrons. The summed E-state index contributed by atoms with van der Waals surface area (Å²) < 4.78 is 16.3. The molecule has 1 heterocycles. The van der Waals surface area contributed by atoms with E-state index in [1.165, 1.54) is 5.56 Å². The number of ether oxygens (including phenoxy) is 3. The Hall–Kier alpha value is -1.06. The standard InChI is InChI=1S/C18H29N3O3.HI/c1-3-19-18(20-9-6-10-23-12-11-22-2)21-14-16-13-15-7-4-5-8-17(15)24-16;/h4-5,7-8,16H,3,6,9-14H2,1-2H3,(H2,19,20,21);1H. The summed E-state index contributed by atoms with van der Waals surface area (Å²) in [5.74, 6) is 1.82. The zero-order chi connectivity index (χ0) is 17.0. The third-order valence-electron chi connectivity index (χ3n) is 3.70. The van der Waals surface area contributed by atoms with E-state index in [0.717, 1.165) is 44.2 Å². The van der Waals surface area contributed by atoms with E-state index in [1.807, 2.05) is 18.2 Å². The summed E-state index contributed by atoms with van der Waals surface area (Å²) in [7, 11) is 1.68. The highest BCUT2D eigenvalue weighted by Crippen LogP contribution is 2.28. The van der Waals surface area contributed by atoms with Crippen LogP contribution in [0.5, 0.6) is 5.75 Å². The molecule has 1 aliphatic heterocycles. The molecule has 7 heteroatoms. The number of halogens is 1. The van der Waals surface area contributed by atoms with Crippen LogP contribution >= 0.6 is 24.0 Å². The van der Waals surface area contributed by atoms with Crippen LogP contribution in [0.1, 0.15) is 18.9 Å². The van der Waals surface area contributed by atoms with Crippen LogP contribution in [0.4, 0.5) is 0 Å².